The third-order valence-electron chi connectivity index (χ3n) is 1.02. The van der Waals surface area contributed by atoms with E-state index in [9.17, 15) is 0 Å². The number of hydrogen-bond donors (Lipinski definition) is 1. The van der Waals surface area contributed by atoms with E-state index in [1.165, 1.54) is 11.3 Å². The molecule has 0 amide bonds. The van der Waals surface area contributed by atoms with Crippen LogP contribution in [0.5, 0.6) is 0 Å². The van der Waals surface area contributed by atoms with Gasteiger partial charge in [0.15, 0.2) is 5.13 Å². The maximum absolute atomic E-state index is 5.45. The maximum Gasteiger partial charge on any atom is 0.180 e. The van der Waals surface area contributed by atoms with Crippen LogP contribution in [0.4, 0.5) is 5.13 Å². The van der Waals surface area contributed by atoms with Gasteiger partial charge in [0.1, 0.15) is 0 Å². The van der Waals surface area contributed by atoms with Crippen molar-refractivity contribution in [1.29, 1.82) is 0 Å². The Hall–Kier alpha value is -0.220. The van der Waals surface area contributed by atoms with Crippen LogP contribution in [0.2, 0.25) is 0 Å². The first-order chi connectivity index (χ1) is 4.83. The van der Waals surface area contributed by atoms with E-state index in [1.54, 1.807) is 0 Å². The molecule has 1 heterocycles. The highest BCUT2D eigenvalue weighted by Crippen LogP contribution is 2.16. The Kier molecular flexibility index (Phi) is 3.02. The van der Waals surface area contributed by atoms with Crippen molar-refractivity contribution < 1.29 is 0 Å². The molecule has 1 aromatic rings. The number of rotatable bonds is 3. The molecule has 0 aliphatic heterocycles. The van der Waals surface area contributed by atoms with Crippen LogP contribution >= 0.6 is 23.1 Å². The van der Waals surface area contributed by atoms with Gasteiger partial charge >= 0.3 is 0 Å². The zero-order chi connectivity index (χ0) is 7.40. The molecule has 0 aromatic carbocycles. The normalized spacial score (nSPS) is 10.1. The Labute approximate surface area is 68.8 Å². The summed E-state index contributed by atoms with van der Waals surface area (Å²) in [5.74, 6) is 2.13. The molecule has 0 unspecified atom stereocenters. The highest BCUT2D eigenvalue weighted by Gasteiger charge is 1.96. The molecule has 2 N–H and O–H groups in total. The lowest BCUT2D eigenvalue weighted by Crippen LogP contribution is -1.84. The third kappa shape index (κ3) is 2.19. The van der Waals surface area contributed by atoms with E-state index in [-0.39, 0.29) is 0 Å². The van der Waals surface area contributed by atoms with Gasteiger partial charge in [-0.3, -0.25) is 0 Å². The molecule has 0 saturated carbocycles. The van der Waals surface area contributed by atoms with Gasteiger partial charge in [0.25, 0.3) is 0 Å². The smallest absolute Gasteiger partial charge is 0.180 e. The van der Waals surface area contributed by atoms with E-state index in [0.717, 1.165) is 17.2 Å². The quantitative estimate of drug-likeness (QED) is 0.761. The molecule has 56 valence electrons. The topological polar surface area (TPSA) is 38.9 Å². The lowest BCUT2D eigenvalue weighted by Gasteiger charge is -1.90. The summed E-state index contributed by atoms with van der Waals surface area (Å²) in [5.41, 5.74) is 6.55. The molecule has 0 fully saturated rings. The Morgan fingerprint density at radius 2 is 2.60 bits per heavy atom. The number of anilines is 1. The van der Waals surface area contributed by atoms with Crippen LogP contribution in [0.15, 0.2) is 5.38 Å². The fraction of sp³-hybridized carbons (Fsp3) is 0.500. The summed E-state index contributed by atoms with van der Waals surface area (Å²) >= 11 is 3.37. The SMILES string of the molecule is CCSCc1csc(N)n1. The van der Waals surface area contributed by atoms with Crippen molar-refractivity contribution in [2.24, 2.45) is 0 Å². The molecule has 10 heavy (non-hydrogen) atoms. The Morgan fingerprint density at radius 1 is 1.80 bits per heavy atom. The number of thiazole rings is 1. The van der Waals surface area contributed by atoms with Crippen LogP contribution in [-0.4, -0.2) is 10.7 Å². The summed E-state index contributed by atoms with van der Waals surface area (Å²) in [7, 11) is 0. The first kappa shape index (κ1) is 7.88. The first-order valence-corrected chi connectivity index (χ1v) is 5.14. The average molecular weight is 174 g/mol. The van der Waals surface area contributed by atoms with Crippen molar-refractivity contribution in [1.82, 2.24) is 4.98 Å². The molecular formula is C6H10N2S2. The van der Waals surface area contributed by atoms with Crippen molar-refractivity contribution >= 4 is 28.2 Å². The second kappa shape index (κ2) is 3.83. The van der Waals surface area contributed by atoms with E-state index in [0.29, 0.717) is 5.13 Å². The van der Waals surface area contributed by atoms with E-state index in [2.05, 4.69) is 11.9 Å². The molecule has 4 heteroatoms. The summed E-state index contributed by atoms with van der Waals surface area (Å²) in [6, 6.07) is 0. The second-order valence-corrected chi connectivity index (χ2v) is 3.98. The third-order valence-corrected chi connectivity index (χ3v) is 2.65. The number of nitrogen functional groups attached to an aromatic ring is 1. The van der Waals surface area contributed by atoms with E-state index in [4.69, 9.17) is 5.73 Å². The summed E-state index contributed by atoms with van der Waals surface area (Å²) in [6.07, 6.45) is 0. The number of aromatic nitrogens is 1. The van der Waals surface area contributed by atoms with Crippen molar-refractivity contribution in [2.45, 2.75) is 12.7 Å². The van der Waals surface area contributed by atoms with Gasteiger partial charge in [0.05, 0.1) is 5.69 Å². The van der Waals surface area contributed by atoms with Gasteiger partial charge in [0, 0.05) is 11.1 Å². The molecule has 1 rings (SSSR count). The first-order valence-electron chi connectivity index (χ1n) is 3.10. The Morgan fingerprint density at radius 3 is 3.10 bits per heavy atom. The molecule has 0 radical (unpaired) electrons. The Bertz CT molecular complexity index is 197. The van der Waals surface area contributed by atoms with Crippen LogP contribution in [0, 0.1) is 0 Å². The van der Waals surface area contributed by atoms with Gasteiger partial charge in [-0.1, -0.05) is 6.92 Å². The molecular weight excluding hydrogens is 164 g/mol. The van der Waals surface area contributed by atoms with Gasteiger partial charge in [-0.15, -0.1) is 11.3 Å². The van der Waals surface area contributed by atoms with Crippen molar-refractivity contribution in [3.63, 3.8) is 0 Å². The van der Waals surface area contributed by atoms with Crippen LogP contribution in [0.1, 0.15) is 12.6 Å². The van der Waals surface area contributed by atoms with Crippen LogP contribution < -0.4 is 5.73 Å². The van der Waals surface area contributed by atoms with Gasteiger partial charge < -0.3 is 5.73 Å². The summed E-state index contributed by atoms with van der Waals surface area (Å²) in [4.78, 5) is 4.12. The predicted octanol–water partition coefficient (Wildman–Crippen LogP) is 1.98. The standard InChI is InChI=1S/C6H10N2S2/c1-2-9-3-5-4-10-6(7)8-5/h4H,2-3H2,1H3,(H2,7,8). The minimum Gasteiger partial charge on any atom is -0.375 e. The second-order valence-electron chi connectivity index (χ2n) is 1.81. The van der Waals surface area contributed by atoms with E-state index < -0.39 is 0 Å². The monoisotopic (exact) mass is 174 g/mol. The summed E-state index contributed by atoms with van der Waals surface area (Å²) in [6.45, 7) is 2.14. The molecule has 0 atom stereocenters. The van der Waals surface area contributed by atoms with Crippen LogP contribution in [-0.2, 0) is 5.75 Å². The highest BCUT2D eigenvalue weighted by molar-refractivity contribution is 7.98. The molecule has 0 aliphatic rings. The minimum atomic E-state index is 0.673. The number of thioether (sulfide) groups is 1. The number of nitrogens with zero attached hydrogens (tertiary/aromatic N) is 1. The van der Waals surface area contributed by atoms with Crippen LogP contribution in [0.3, 0.4) is 0 Å². The van der Waals surface area contributed by atoms with Gasteiger partial charge in [-0.25, -0.2) is 4.98 Å². The summed E-state index contributed by atoms with van der Waals surface area (Å²) in [5, 5.41) is 2.68. The minimum absolute atomic E-state index is 0.673. The van der Waals surface area contributed by atoms with Gasteiger partial charge in [-0.05, 0) is 5.75 Å². The van der Waals surface area contributed by atoms with Crippen molar-refractivity contribution in [3.05, 3.63) is 11.1 Å². The predicted molar refractivity (Wildman–Crippen MR) is 48.4 cm³/mol. The van der Waals surface area contributed by atoms with Crippen molar-refractivity contribution in [3.8, 4) is 0 Å². The lowest BCUT2D eigenvalue weighted by atomic mass is 10.6. The van der Waals surface area contributed by atoms with E-state index >= 15 is 0 Å². The molecule has 2 nitrogen and oxygen atoms in total. The molecule has 0 spiro atoms. The Balaban J connectivity index is 2.42. The molecule has 0 aliphatic carbocycles. The van der Waals surface area contributed by atoms with E-state index in [1.807, 2.05) is 17.1 Å². The molecule has 1 aromatic heterocycles. The number of hydrogen-bond acceptors (Lipinski definition) is 4. The van der Waals surface area contributed by atoms with Gasteiger partial charge in [-0.2, -0.15) is 11.8 Å². The lowest BCUT2D eigenvalue weighted by molar-refractivity contribution is 1.24. The summed E-state index contributed by atoms with van der Waals surface area (Å²) < 4.78 is 0. The average Bonchev–Trinajstić information content (AvgIpc) is 2.31. The molecule has 0 bridgehead atoms. The zero-order valence-corrected chi connectivity index (χ0v) is 7.47. The zero-order valence-electron chi connectivity index (χ0n) is 5.83. The van der Waals surface area contributed by atoms with Crippen LogP contribution in [0.25, 0.3) is 0 Å². The number of nitrogens with two attached hydrogens (primary N) is 1. The van der Waals surface area contributed by atoms with Gasteiger partial charge in [0.2, 0.25) is 0 Å². The fourth-order valence-electron chi connectivity index (χ4n) is 0.596. The van der Waals surface area contributed by atoms with Crippen molar-refractivity contribution in [2.75, 3.05) is 11.5 Å². The highest BCUT2D eigenvalue weighted by atomic mass is 32.2. The fourth-order valence-corrected chi connectivity index (χ4v) is 1.82. The largest absolute Gasteiger partial charge is 0.375 e. The molecule has 0 saturated heterocycles. The maximum atomic E-state index is 5.45.